The van der Waals surface area contributed by atoms with Gasteiger partial charge in [-0.05, 0) is 23.6 Å². The average molecular weight is 293 g/mol. The van der Waals surface area contributed by atoms with Crippen molar-refractivity contribution in [3.05, 3.63) is 48.0 Å². The number of nitrogens with one attached hydrogen (secondary N) is 1. The molecular weight excluding hydrogens is 282 g/mol. The molecule has 0 bridgehead atoms. The summed E-state index contributed by atoms with van der Waals surface area (Å²) in [4.78, 5) is 13.8. The summed E-state index contributed by atoms with van der Waals surface area (Å²) in [7, 11) is 0. The molecule has 0 unspecified atom stereocenters. The van der Waals surface area contributed by atoms with Gasteiger partial charge in [-0.3, -0.25) is 4.98 Å². The number of nitrogens with zero attached hydrogens (tertiary/aromatic N) is 3. The van der Waals surface area contributed by atoms with Crippen molar-refractivity contribution in [2.24, 2.45) is 0 Å². The van der Waals surface area contributed by atoms with Crippen LogP contribution in [0.1, 0.15) is 0 Å². The topological polar surface area (TPSA) is 76.7 Å². The third-order valence-corrected chi connectivity index (χ3v) is 4.03. The summed E-state index contributed by atoms with van der Waals surface area (Å²) in [6.45, 7) is 0. The predicted molar refractivity (Wildman–Crippen MR) is 86.9 cm³/mol. The Hall–Kier alpha value is -2.73. The van der Waals surface area contributed by atoms with Gasteiger partial charge in [-0.1, -0.05) is 18.2 Å². The molecule has 3 N–H and O–H groups in total. The first-order valence-corrected chi connectivity index (χ1v) is 7.31. The minimum absolute atomic E-state index is 0.264. The molecule has 0 radical (unpaired) electrons. The number of nitrogens with two attached hydrogens (primary N) is 1. The summed E-state index contributed by atoms with van der Waals surface area (Å²) in [5.41, 5.74) is 7.58. The van der Waals surface area contributed by atoms with Crippen molar-refractivity contribution in [3.8, 4) is 0 Å². The van der Waals surface area contributed by atoms with E-state index in [0.717, 1.165) is 26.8 Å². The van der Waals surface area contributed by atoms with Crippen LogP contribution in [0.4, 0.5) is 17.5 Å². The molecule has 4 aromatic rings. The quantitative estimate of drug-likeness (QED) is 0.591. The molecule has 21 heavy (non-hydrogen) atoms. The molecule has 0 fully saturated rings. The van der Waals surface area contributed by atoms with Crippen molar-refractivity contribution < 1.29 is 0 Å². The zero-order valence-electron chi connectivity index (χ0n) is 10.9. The number of nitrogen functional groups attached to an aromatic ring is 1. The smallest absolute Gasteiger partial charge is 0.223 e. The molecule has 0 saturated heterocycles. The van der Waals surface area contributed by atoms with Crippen molar-refractivity contribution in [3.63, 3.8) is 0 Å². The van der Waals surface area contributed by atoms with Gasteiger partial charge in [0.2, 0.25) is 5.95 Å². The van der Waals surface area contributed by atoms with Crippen molar-refractivity contribution in [1.82, 2.24) is 15.0 Å². The van der Waals surface area contributed by atoms with Crippen molar-refractivity contribution in [2.75, 3.05) is 11.1 Å². The highest BCUT2D eigenvalue weighted by atomic mass is 32.1. The van der Waals surface area contributed by atoms with Gasteiger partial charge < -0.3 is 11.1 Å². The fourth-order valence-corrected chi connectivity index (χ4v) is 3.07. The molecule has 3 aromatic heterocycles. The van der Waals surface area contributed by atoms with E-state index in [1.165, 1.54) is 0 Å². The van der Waals surface area contributed by atoms with Crippen LogP contribution in [0.2, 0.25) is 0 Å². The zero-order chi connectivity index (χ0) is 14.2. The predicted octanol–water partition coefficient (Wildman–Crippen LogP) is 3.57. The second-order valence-corrected chi connectivity index (χ2v) is 5.47. The molecule has 3 heterocycles. The van der Waals surface area contributed by atoms with Crippen molar-refractivity contribution in [1.29, 1.82) is 0 Å². The second kappa shape index (κ2) is 4.68. The van der Waals surface area contributed by atoms with Gasteiger partial charge in [0, 0.05) is 11.6 Å². The first kappa shape index (κ1) is 12.0. The maximum atomic E-state index is 5.78. The molecule has 0 spiro atoms. The lowest BCUT2D eigenvalue weighted by Gasteiger charge is -2.09. The molecule has 0 atom stereocenters. The molecule has 5 nitrogen and oxygen atoms in total. The lowest BCUT2D eigenvalue weighted by Crippen LogP contribution is -2.00. The summed E-state index contributed by atoms with van der Waals surface area (Å²) >= 11 is 1.54. The number of hydrogen-bond donors (Lipinski definition) is 2. The number of hydrogen-bond acceptors (Lipinski definition) is 6. The van der Waals surface area contributed by atoms with Crippen LogP contribution in [0.25, 0.3) is 21.1 Å². The van der Waals surface area contributed by atoms with Gasteiger partial charge in [0.1, 0.15) is 10.6 Å². The number of rotatable bonds is 2. The highest BCUT2D eigenvalue weighted by Gasteiger charge is 2.09. The molecule has 1 aromatic carbocycles. The van der Waals surface area contributed by atoms with Crippen LogP contribution in [-0.4, -0.2) is 15.0 Å². The Kier molecular flexibility index (Phi) is 2.68. The largest absolute Gasteiger partial charge is 0.368 e. The lowest BCUT2D eigenvalue weighted by atomic mass is 10.2. The number of benzene rings is 1. The first-order valence-electron chi connectivity index (χ1n) is 6.43. The van der Waals surface area contributed by atoms with E-state index in [1.54, 1.807) is 17.5 Å². The maximum Gasteiger partial charge on any atom is 0.223 e. The normalized spacial score (nSPS) is 11.0. The van der Waals surface area contributed by atoms with Gasteiger partial charge in [0.05, 0.1) is 16.6 Å². The van der Waals surface area contributed by atoms with Gasteiger partial charge in [-0.15, -0.1) is 11.3 Å². The highest BCUT2D eigenvalue weighted by Crippen LogP contribution is 2.30. The minimum atomic E-state index is 0.264. The number of aromatic nitrogens is 3. The van der Waals surface area contributed by atoms with E-state index in [0.29, 0.717) is 5.82 Å². The van der Waals surface area contributed by atoms with Crippen LogP contribution < -0.4 is 11.1 Å². The van der Waals surface area contributed by atoms with Crippen LogP contribution in [-0.2, 0) is 0 Å². The lowest BCUT2D eigenvalue weighted by molar-refractivity contribution is 1.24. The number of pyridine rings is 1. The van der Waals surface area contributed by atoms with Crippen molar-refractivity contribution >= 4 is 49.9 Å². The Bertz CT molecular complexity index is 942. The molecule has 4 rings (SSSR count). The van der Waals surface area contributed by atoms with Crippen molar-refractivity contribution in [2.45, 2.75) is 0 Å². The number of anilines is 3. The Balaban J connectivity index is 1.89. The summed E-state index contributed by atoms with van der Waals surface area (Å²) in [6.07, 6.45) is 1.78. The van der Waals surface area contributed by atoms with E-state index >= 15 is 0 Å². The van der Waals surface area contributed by atoms with E-state index < -0.39 is 0 Å². The van der Waals surface area contributed by atoms with E-state index in [-0.39, 0.29) is 5.95 Å². The Morgan fingerprint density at radius 1 is 1.05 bits per heavy atom. The van der Waals surface area contributed by atoms with Gasteiger partial charge in [0.25, 0.3) is 0 Å². The highest BCUT2D eigenvalue weighted by molar-refractivity contribution is 7.16. The first-order chi connectivity index (χ1) is 10.3. The van der Waals surface area contributed by atoms with E-state index in [1.807, 2.05) is 41.8 Å². The number of fused-ring (bicyclic) bond motifs is 2. The Morgan fingerprint density at radius 3 is 2.90 bits per heavy atom. The fourth-order valence-electron chi connectivity index (χ4n) is 2.30. The van der Waals surface area contributed by atoms with Gasteiger partial charge in [0.15, 0.2) is 0 Å². The molecule has 0 saturated carbocycles. The minimum Gasteiger partial charge on any atom is -0.368 e. The summed E-state index contributed by atoms with van der Waals surface area (Å²) in [5.74, 6) is 0.970. The van der Waals surface area contributed by atoms with Gasteiger partial charge in [-0.2, -0.15) is 4.98 Å². The molecule has 102 valence electrons. The average Bonchev–Trinajstić information content (AvgIpc) is 2.96. The summed E-state index contributed by atoms with van der Waals surface area (Å²) in [6, 6.07) is 11.9. The summed E-state index contributed by atoms with van der Waals surface area (Å²) in [5, 5.41) is 7.34. The van der Waals surface area contributed by atoms with Crippen LogP contribution in [0.5, 0.6) is 0 Å². The monoisotopic (exact) mass is 293 g/mol. The molecule has 6 heteroatoms. The van der Waals surface area contributed by atoms with Gasteiger partial charge >= 0.3 is 0 Å². The zero-order valence-corrected chi connectivity index (χ0v) is 11.8. The van der Waals surface area contributed by atoms with E-state index in [9.17, 15) is 0 Å². The number of thiophene rings is 1. The third-order valence-electron chi connectivity index (χ3n) is 3.23. The van der Waals surface area contributed by atoms with Crippen LogP contribution >= 0.6 is 11.3 Å². The van der Waals surface area contributed by atoms with E-state index in [4.69, 9.17) is 5.73 Å². The van der Waals surface area contributed by atoms with Crippen LogP contribution in [0.15, 0.2) is 48.0 Å². The van der Waals surface area contributed by atoms with Crippen LogP contribution in [0, 0.1) is 0 Å². The molecular formula is C15H11N5S. The molecule has 0 aliphatic heterocycles. The molecule has 0 aliphatic rings. The number of para-hydroxylation sites is 1. The fraction of sp³-hybridized carbons (Fsp3) is 0. The van der Waals surface area contributed by atoms with Gasteiger partial charge in [-0.25, -0.2) is 4.98 Å². The molecule has 0 aliphatic carbocycles. The van der Waals surface area contributed by atoms with E-state index in [2.05, 4.69) is 20.3 Å². The third kappa shape index (κ3) is 2.05. The standard InChI is InChI=1S/C15H11N5S/c16-15-19-13(10-6-8-21-14(10)20-15)18-11-5-1-3-9-4-2-7-17-12(9)11/h1-8H,(H3,16,18,19,20). The SMILES string of the molecule is Nc1nc(Nc2cccc3cccnc23)c2ccsc2n1. The Labute approximate surface area is 124 Å². The Morgan fingerprint density at radius 2 is 1.95 bits per heavy atom. The molecule has 0 amide bonds. The summed E-state index contributed by atoms with van der Waals surface area (Å²) < 4.78 is 0. The maximum absolute atomic E-state index is 5.78. The van der Waals surface area contributed by atoms with Crippen LogP contribution in [0.3, 0.4) is 0 Å². The second-order valence-electron chi connectivity index (χ2n) is 4.58.